The van der Waals surface area contributed by atoms with E-state index in [1.165, 1.54) is 11.3 Å². The van der Waals surface area contributed by atoms with Gasteiger partial charge in [0.2, 0.25) is 0 Å². The van der Waals surface area contributed by atoms with Crippen LogP contribution in [0.5, 0.6) is 0 Å². The predicted octanol–water partition coefficient (Wildman–Crippen LogP) is 2.27. The highest BCUT2D eigenvalue weighted by Gasteiger charge is 2.08. The van der Waals surface area contributed by atoms with Gasteiger partial charge in [0.05, 0.1) is 4.88 Å². The summed E-state index contributed by atoms with van der Waals surface area (Å²) < 4.78 is 0. The molecule has 86 valence electrons. The molecule has 0 aliphatic carbocycles. The van der Waals surface area contributed by atoms with Gasteiger partial charge in [-0.3, -0.25) is 10.1 Å². The summed E-state index contributed by atoms with van der Waals surface area (Å²) in [5, 5.41) is 7.49. The first-order chi connectivity index (χ1) is 8.25. The van der Waals surface area contributed by atoms with Gasteiger partial charge in [-0.25, -0.2) is 4.98 Å². The molecule has 0 saturated heterocycles. The molecular formula is C11H9N3OS2. The van der Waals surface area contributed by atoms with Crippen LogP contribution in [0.15, 0.2) is 41.9 Å². The van der Waals surface area contributed by atoms with Crippen molar-refractivity contribution in [3.63, 3.8) is 0 Å². The number of carbonyl (C=O) groups is 1. The number of aromatic nitrogens is 1. The second-order valence-corrected chi connectivity index (χ2v) is 4.46. The molecule has 2 rings (SSSR count). The first-order valence-electron chi connectivity index (χ1n) is 4.82. The molecule has 0 aliphatic rings. The number of carbonyl (C=O) groups excluding carboxylic acids is 1. The Kier molecular flexibility index (Phi) is 3.79. The quantitative estimate of drug-likeness (QED) is 0.816. The third kappa shape index (κ3) is 3.33. The number of hydrogen-bond donors (Lipinski definition) is 2. The number of nitrogens with zero attached hydrogens (tertiary/aromatic N) is 1. The third-order valence-electron chi connectivity index (χ3n) is 1.88. The molecule has 2 N–H and O–H groups in total. The maximum Gasteiger partial charge on any atom is 0.267 e. The van der Waals surface area contributed by atoms with Crippen molar-refractivity contribution in [2.75, 3.05) is 5.32 Å². The molecule has 17 heavy (non-hydrogen) atoms. The minimum absolute atomic E-state index is 0.214. The fourth-order valence-corrected chi connectivity index (χ4v) is 1.97. The Morgan fingerprint density at radius 1 is 1.29 bits per heavy atom. The lowest BCUT2D eigenvalue weighted by molar-refractivity contribution is 0.0981. The molecule has 6 heteroatoms. The fraction of sp³-hybridized carbons (Fsp3) is 0. The highest BCUT2D eigenvalue weighted by atomic mass is 32.1. The van der Waals surface area contributed by atoms with E-state index >= 15 is 0 Å². The summed E-state index contributed by atoms with van der Waals surface area (Å²) in [5.41, 5.74) is 0. The lowest BCUT2D eigenvalue weighted by Crippen LogP contribution is -2.33. The molecule has 1 amide bonds. The van der Waals surface area contributed by atoms with Crippen LogP contribution in [0.2, 0.25) is 0 Å². The van der Waals surface area contributed by atoms with Gasteiger partial charge in [-0.05, 0) is 35.8 Å². The molecule has 0 bridgehead atoms. The van der Waals surface area contributed by atoms with Crippen molar-refractivity contribution in [3.05, 3.63) is 46.8 Å². The number of amides is 1. The van der Waals surface area contributed by atoms with Crippen LogP contribution < -0.4 is 10.6 Å². The summed E-state index contributed by atoms with van der Waals surface area (Å²) >= 11 is 6.37. The van der Waals surface area contributed by atoms with E-state index in [1.807, 2.05) is 17.5 Å². The van der Waals surface area contributed by atoms with Crippen molar-refractivity contribution in [2.45, 2.75) is 0 Å². The van der Waals surface area contributed by atoms with Gasteiger partial charge in [0.1, 0.15) is 5.82 Å². The predicted molar refractivity (Wildman–Crippen MR) is 72.2 cm³/mol. The van der Waals surface area contributed by atoms with E-state index in [2.05, 4.69) is 15.6 Å². The standard InChI is InChI=1S/C11H9N3OS2/c15-10(8-4-3-7-17-8)14-11(16)13-9-5-1-2-6-12-9/h1-7H,(H2,12,13,14,15,16). The molecule has 2 heterocycles. The minimum atomic E-state index is -0.214. The van der Waals surface area contributed by atoms with E-state index in [0.29, 0.717) is 10.7 Å². The number of hydrogen-bond acceptors (Lipinski definition) is 4. The number of nitrogens with one attached hydrogen (secondary N) is 2. The van der Waals surface area contributed by atoms with Crippen LogP contribution >= 0.6 is 23.6 Å². The van der Waals surface area contributed by atoms with Gasteiger partial charge >= 0.3 is 0 Å². The zero-order chi connectivity index (χ0) is 12.1. The Hall–Kier alpha value is -1.79. The van der Waals surface area contributed by atoms with Gasteiger partial charge in [-0.2, -0.15) is 0 Å². The highest BCUT2D eigenvalue weighted by molar-refractivity contribution is 7.80. The smallest absolute Gasteiger partial charge is 0.267 e. The van der Waals surface area contributed by atoms with Gasteiger partial charge in [0.25, 0.3) is 5.91 Å². The van der Waals surface area contributed by atoms with Crippen LogP contribution in [0.4, 0.5) is 5.82 Å². The van der Waals surface area contributed by atoms with Crippen molar-refractivity contribution < 1.29 is 4.79 Å². The first kappa shape index (κ1) is 11.7. The molecular weight excluding hydrogens is 254 g/mol. The third-order valence-corrected chi connectivity index (χ3v) is 2.95. The Morgan fingerprint density at radius 2 is 2.18 bits per heavy atom. The number of anilines is 1. The summed E-state index contributed by atoms with van der Waals surface area (Å²) in [5.74, 6) is 0.386. The number of thiophene rings is 1. The van der Waals surface area contributed by atoms with Crippen molar-refractivity contribution >= 4 is 40.4 Å². The maximum absolute atomic E-state index is 11.7. The molecule has 0 aromatic carbocycles. The second kappa shape index (κ2) is 5.51. The molecule has 0 aliphatic heterocycles. The molecule has 2 aromatic heterocycles. The monoisotopic (exact) mass is 263 g/mol. The zero-order valence-electron chi connectivity index (χ0n) is 8.71. The second-order valence-electron chi connectivity index (χ2n) is 3.10. The molecule has 4 nitrogen and oxygen atoms in total. The lowest BCUT2D eigenvalue weighted by Gasteiger charge is -2.07. The topological polar surface area (TPSA) is 54.0 Å². The van der Waals surface area contributed by atoms with Crippen molar-refractivity contribution in [1.82, 2.24) is 10.3 Å². The fourth-order valence-electron chi connectivity index (χ4n) is 1.16. The van der Waals surface area contributed by atoms with Gasteiger partial charge in [0.15, 0.2) is 5.11 Å². The average Bonchev–Trinajstić information content (AvgIpc) is 2.83. The zero-order valence-corrected chi connectivity index (χ0v) is 10.3. The van der Waals surface area contributed by atoms with E-state index in [-0.39, 0.29) is 11.0 Å². The van der Waals surface area contributed by atoms with Crippen LogP contribution in [0.3, 0.4) is 0 Å². The Labute approximate surface area is 108 Å². The Bertz CT molecular complexity index is 511. The molecule has 0 fully saturated rings. The van der Waals surface area contributed by atoms with E-state index < -0.39 is 0 Å². The molecule has 0 radical (unpaired) electrons. The van der Waals surface area contributed by atoms with E-state index in [0.717, 1.165) is 0 Å². The normalized spacial score (nSPS) is 9.65. The van der Waals surface area contributed by atoms with Crippen LogP contribution in [0.1, 0.15) is 9.67 Å². The number of thiocarbonyl (C=S) groups is 1. The molecule has 0 atom stereocenters. The Morgan fingerprint density at radius 3 is 2.82 bits per heavy atom. The number of rotatable bonds is 2. The molecule has 0 spiro atoms. The highest BCUT2D eigenvalue weighted by Crippen LogP contribution is 2.08. The summed E-state index contributed by atoms with van der Waals surface area (Å²) in [7, 11) is 0. The molecule has 0 unspecified atom stereocenters. The Balaban J connectivity index is 1.92. The van der Waals surface area contributed by atoms with Gasteiger partial charge in [0, 0.05) is 6.20 Å². The lowest BCUT2D eigenvalue weighted by atomic mass is 10.4. The van der Waals surface area contributed by atoms with Crippen molar-refractivity contribution in [1.29, 1.82) is 0 Å². The van der Waals surface area contributed by atoms with E-state index in [1.54, 1.807) is 24.4 Å². The summed E-state index contributed by atoms with van der Waals surface area (Å²) in [6.07, 6.45) is 1.64. The first-order valence-corrected chi connectivity index (χ1v) is 6.11. The van der Waals surface area contributed by atoms with E-state index in [4.69, 9.17) is 12.2 Å². The maximum atomic E-state index is 11.7. The summed E-state index contributed by atoms with van der Waals surface area (Å²) in [6, 6.07) is 8.96. The van der Waals surface area contributed by atoms with Crippen LogP contribution in [0, 0.1) is 0 Å². The van der Waals surface area contributed by atoms with Gasteiger partial charge in [-0.1, -0.05) is 12.1 Å². The molecule has 2 aromatic rings. The van der Waals surface area contributed by atoms with Crippen LogP contribution in [-0.4, -0.2) is 16.0 Å². The van der Waals surface area contributed by atoms with Crippen LogP contribution in [0.25, 0.3) is 0 Å². The SMILES string of the molecule is O=C(NC(=S)Nc1ccccn1)c1cccs1. The number of pyridine rings is 1. The van der Waals surface area contributed by atoms with Gasteiger partial charge < -0.3 is 5.32 Å². The molecule has 0 saturated carbocycles. The average molecular weight is 263 g/mol. The van der Waals surface area contributed by atoms with Crippen molar-refractivity contribution in [2.24, 2.45) is 0 Å². The summed E-state index contributed by atoms with van der Waals surface area (Å²) in [6.45, 7) is 0. The van der Waals surface area contributed by atoms with Crippen LogP contribution in [-0.2, 0) is 0 Å². The van der Waals surface area contributed by atoms with E-state index in [9.17, 15) is 4.79 Å². The largest absolute Gasteiger partial charge is 0.317 e. The van der Waals surface area contributed by atoms with Crippen molar-refractivity contribution in [3.8, 4) is 0 Å². The van der Waals surface area contributed by atoms with Gasteiger partial charge in [-0.15, -0.1) is 11.3 Å². The summed E-state index contributed by atoms with van der Waals surface area (Å²) in [4.78, 5) is 16.3. The minimum Gasteiger partial charge on any atom is -0.317 e.